The second kappa shape index (κ2) is 5.99. The highest BCUT2D eigenvalue weighted by Gasteiger charge is 2.12. The maximum atomic E-state index is 3.60. The Labute approximate surface area is 151 Å². The Kier molecular flexibility index (Phi) is 3.83. The molecular weight excluding hydrogens is 414 g/mol. The van der Waals surface area contributed by atoms with Gasteiger partial charge in [-0.05, 0) is 42.5 Å². The van der Waals surface area contributed by atoms with E-state index in [1.165, 1.54) is 27.8 Å². The molecule has 0 saturated heterocycles. The van der Waals surface area contributed by atoms with Crippen LogP contribution in [0.5, 0.6) is 0 Å². The molecule has 0 N–H and O–H groups in total. The third-order valence-electron chi connectivity index (χ3n) is 3.88. The number of nitrogens with zero attached hydrogens (tertiary/aromatic N) is 1. The molecule has 0 saturated carbocycles. The number of rotatable bonds is 2. The third-order valence-corrected chi connectivity index (χ3v) is 4.80. The Morgan fingerprint density at radius 3 is 2.04 bits per heavy atom. The molecule has 0 bridgehead atoms. The van der Waals surface area contributed by atoms with E-state index in [0.29, 0.717) is 0 Å². The van der Waals surface area contributed by atoms with Crippen molar-refractivity contribution in [2.75, 3.05) is 0 Å². The molecule has 0 radical (unpaired) electrons. The van der Waals surface area contributed by atoms with Gasteiger partial charge in [0.15, 0.2) is 0 Å². The van der Waals surface area contributed by atoms with Gasteiger partial charge in [0.25, 0.3) is 0 Å². The molecule has 4 aromatic rings. The van der Waals surface area contributed by atoms with Crippen LogP contribution in [0.2, 0.25) is 0 Å². The fourth-order valence-corrected chi connectivity index (χ4v) is 4.22. The summed E-state index contributed by atoms with van der Waals surface area (Å²) in [4.78, 5) is 0. The lowest BCUT2D eigenvalue weighted by Crippen LogP contribution is -1.96. The van der Waals surface area contributed by atoms with Gasteiger partial charge in [-0.3, -0.25) is 0 Å². The summed E-state index contributed by atoms with van der Waals surface area (Å²) in [6.45, 7) is 0. The van der Waals surface area contributed by atoms with E-state index in [2.05, 4.69) is 109 Å². The number of halogens is 2. The summed E-state index contributed by atoms with van der Waals surface area (Å²) < 4.78 is 4.43. The second-order valence-corrected chi connectivity index (χ2v) is 7.25. The van der Waals surface area contributed by atoms with Crippen molar-refractivity contribution in [3.05, 3.63) is 87.8 Å². The zero-order chi connectivity index (χ0) is 15.8. The second-order valence-electron chi connectivity index (χ2n) is 5.42. The monoisotopic (exact) mass is 425 g/mol. The average Bonchev–Trinajstić information content (AvgIpc) is 2.94. The number of para-hydroxylation sites is 2. The van der Waals surface area contributed by atoms with Gasteiger partial charge in [-0.1, -0.05) is 68.3 Å². The van der Waals surface area contributed by atoms with Crippen molar-refractivity contribution in [3.8, 4) is 16.9 Å². The van der Waals surface area contributed by atoms with E-state index >= 15 is 0 Å². The molecule has 0 unspecified atom stereocenters. The fourth-order valence-electron chi connectivity index (χ4n) is 2.92. The van der Waals surface area contributed by atoms with Crippen LogP contribution in [0.1, 0.15) is 0 Å². The minimum atomic E-state index is 1.06. The third kappa shape index (κ3) is 2.75. The summed E-state index contributed by atoms with van der Waals surface area (Å²) in [5.41, 5.74) is 4.73. The lowest BCUT2D eigenvalue weighted by atomic mass is 10.1. The molecule has 0 amide bonds. The molecule has 3 heteroatoms. The number of hydrogen-bond acceptors (Lipinski definition) is 0. The van der Waals surface area contributed by atoms with Gasteiger partial charge in [0.2, 0.25) is 0 Å². The van der Waals surface area contributed by atoms with Gasteiger partial charge in [-0.15, -0.1) is 0 Å². The number of hydrogen-bond donors (Lipinski definition) is 0. The molecule has 3 aromatic carbocycles. The van der Waals surface area contributed by atoms with Crippen LogP contribution in [0, 0.1) is 0 Å². The lowest BCUT2D eigenvalue weighted by Gasteiger charge is -2.12. The van der Waals surface area contributed by atoms with Gasteiger partial charge in [-0.2, -0.15) is 0 Å². The van der Waals surface area contributed by atoms with Crippen LogP contribution in [0.4, 0.5) is 0 Å². The smallest absolute Gasteiger partial charge is 0.0541 e. The normalized spacial score (nSPS) is 11.0. The predicted octanol–water partition coefficient (Wildman–Crippen LogP) is 6.82. The molecule has 1 heterocycles. The van der Waals surface area contributed by atoms with Crippen LogP contribution in [0.3, 0.4) is 0 Å². The minimum Gasteiger partial charge on any atom is -0.309 e. The van der Waals surface area contributed by atoms with Gasteiger partial charge < -0.3 is 4.57 Å². The zero-order valence-corrected chi connectivity index (χ0v) is 15.4. The first kappa shape index (κ1) is 14.7. The summed E-state index contributed by atoms with van der Waals surface area (Å²) in [7, 11) is 0. The van der Waals surface area contributed by atoms with Crippen LogP contribution < -0.4 is 0 Å². The van der Waals surface area contributed by atoms with Gasteiger partial charge in [0.05, 0.1) is 11.2 Å². The van der Waals surface area contributed by atoms with Crippen molar-refractivity contribution in [2.24, 2.45) is 0 Å². The number of fused-ring (bicyclic) bond motifs is 1. The molecule has 0 spiro atoms. The van der Waals surface area contributed by atoms with E-state index in [1.807, 2.05) is 6.07 Å². The van der Waals surface area contributed by atoms with Crippen molar-refractivity contribution < 1.29 is 0 Å². The molecule has 0 aliphatic carbocycles. The van der Waals surface area contributed by atoms with Crippen molar-refractivity contribution >= 4 is 42.8 Å². The van der Waals surface area contributed by atoms with E-state index in [9.17, 15) is 0 Å². The van der Waals surface area contributed by atoms with Crippen LogP contribution in [-0.2, 0) is 0 Å². The number of benzene rings is 3. The van der Waals surface area contributed by atoms with Crippen molar-refractivity contribution in [1.29, 1.82) is 0 Å². The molecule has 1 nitrogen and oxygen atoms in total. The van der Waals surface area contributed by atoms with Crippen molar-refractivity contribution in [2.45, 2.75) is 0 Å². The van der Waals surface area contributed by atoms with Gasteiger partial charge in [0.1, 0.15) is 0 Å². The summed E-state index contributed by atoms with van der Waals surface area (Å²) in [6, 6.07) is 27.6. The topological polar surface area (TPSA) is 4.93 Å². The quantitative estimate of drug-likeness (QED) is 0.331. The van der Waals surface area contributed by atoms with Crippen LogP contribution in [-0.4, -0.2) is 4.57 Å². The van der Waals surface area contributed by atoms with Crippen LogP contribution in [0.15, 0.2) is 87.8 Å². The Morgan fingerprint density at radius 1 is 0.652 bits per heavy atom. The van der Waals surface area contributed by atoms with Gasteiger partial charge >= 0.3 is 0 Å². The van der Waals surface area contributed by atoms with E-state index in [4.69, 9.17) is 0 Å². The fraction of sp³-hybridized carbons (Fsp3) is 0. The highest BCUT2D eigenvalue weighted by molar-refractivity contribution is 9.11. The Morgan fingerprint density at radius 2 is 1.30 bits per heavy atom. The summed E-state index contributed by atoms with van der Waals surface area (Å²) >= 11 is 7.19. The van der Waals surface area contributed by atoms with E-state index < -0.39 is 0 Å². The highest BCUT2D eigenvalue weighted by Crippen LogP contribution is 2.34. The van der Waals surface area contributed by atoms with Crippen molar-refractivity contribution in [3.63, 3.8) is 0 Å². The molecular formula is C20H13Br2N. The first-order valence-electron chi connectivity index (χ1n) is 7.35. The first-order valence-corrected chi connectivity index (χ1v) is 8.93. The predicted molar refractivity (Wildman–Crippen MR) is 104 cm³/mol. The van der Waals surface area contributed by atoms with E-state index in [0.717, 1.165) is 8.95 Å². The largest absolute Gasteiger partial charge is 0.309 e. The summed E-state index contributed by atoms with van der Waals surface area (Å²) in [5.74, 6) is 0. The Bertz CT molecular complexity index is 967. The van der Waals surface area contributed by atoms with Gasteiger partial charge in [-0.25, -0.2) is 0 Å². The minimum absolute atomic E-state index is 1.06. The first-order chi connectivity index (χ1) is 11.2. The van der Waals surface area contributed by atoms with E-state index in [-0.39, 0.29) is 0 Å². The average molecular weight is 427 g/mol. The molecule has 1 aromatic heterocycles. The van der Waals surface area contributed by atoms with Crippen molar-refractivity contribution in [1.82, 2.24) is 4.57 Å². The molecule has 23 heavy (non-hydrogen) atoms. The SMILES string of the molecule is Brc1cc(Br)cc(-c2cc3ccccc3n2-c2ccccc2)c1. The molecule has 0 atom stereocenters. The summed E-state index contributed by atoms with van der Waals surface area (Å²) in [5, 5.41) is 1.24. The molecule has 0 aliphatic heterocycles. The van der Waals surface area contributed by atoms with Crippen LogP contribution in [0.25, 0.3) is 27.8 Å². The lowest BCUT2D eigenvalue weighted by molar-refractivity contribution is 1.13. The molecule has 112 valence electrons. The molecule has 0 aliphatic rings. The zero-order valence-electron chi connectivity index (χ0n) is 12.2. The molecule has 0 fully saturated rings. The van der Waals surface area contributed by atoms with Crippen LogP contribution >= 0.6 is 31.9 Å². The highest BCUT2D eigenvalue weighted by atomic mass is 79.9. The van der Waals surface area contributed by atoms with Gasteiger partial charge in [0, 0.05) is 25.6 Å². The number of aromatic nitrogens is 1. The maximum absolute atomic E-state index is 3.60. The maximum Gasteiger partial charge on any atom is 0.0541 e. The Balaban J connectivity index is 2.07. The Hall–Kier alpha value is -1.84. The summed E-state index contributed by atoms with van der Waals surface area (Å²) in [6.07, 6.45) is 0. The van der Waals surface area contributed by atoms with E-state index in [1.54, 1.807) is 0 Å². The standard InChI is InChI=1S/C20H13Br2N/c21-16-10-15(11-17(22)13-16)20-12-14-6-4-5-9-19(14)23(20)18-7-2-1-3-8-18/h1-13H. The molecule has 4 rings (SSSR count).